The van der Waals surface area contributed by atoms with Crippen molar-refractivity contribution in [1.29, 1.82) is 0 Å². The van der Waals surface area contributed by atoms with Crippen molar-refractivity contribution in [3.63, 3.8) is 0 Å². The van der Waals surface area contributed by atoms with Crippen LogP contribution >= 0.6 is 23.8 Å². The predicted molar refractivity (Wildman–Crippen MR) is 112 cm³/mol. The molecular weight excluding hydrogens is 403 g/mol. The van der Waals surface area contributed by atoms with Crippen LogP contribution in [0.5, 0.6) is 11.5 Å². The zero-order chi connectivity index (χ0) is 20.1. The van der Waals surface area contributed by atoms with Crippen LogP contribution in [0.1, 0.15) is 5.56 Å². The first-order chi connectivity index (χ1) is 13.5. The summed E-state index contributed by atoms with van der Waals surface area (Å²) in [4.78, 5) is 0. The van der Waals surface area contributed by atoms with Crippen molar-refractivity contribution in [3.8, 4) is 11.5 Å². The number of benzene rings is 2. The van der Waals surface area contributed by atoms with Crippen molar-refractivity contribution in [1.82, 2.24) is 9.78 Å². The second-order valence-corrected chi connectivity index (χ2v) is 6.66. The van der Waals surface area contributed by atoms with Crippen LogP contribution in [0, 0.1) is 5.82 Å². The van der Waals surface area contributed by atoms with Gasteiger partial charge in [0.2, 0.25) is 0 Å². The van der Waals surface area contributed by atoms with E-state index in [9.17, 15) is 4.39 Å². The molecule has 0 bridgehead atoms. The molecule has 146 valence electrons. The van der Waals surface area contributed by atoms with Crippen molar-refractivity contribution in [2.24, 2.45) is 0 Å². The van der Waals surface area contributed by atoms with Crippen LogP contribution in [0.2, 0.25) is 5.02 Å². The molecule has 0 saturated heterocycles. The number of hydrogen-bond acceptors (Lipinski definition) is 4. The summed E-state index contributed by atoms with van der Waals surface area (Å²) in [5, 5.41) is 11.1. The SMILES string of the molecule is COc1cc(NC(=S)Nc2cnn(Cc3ccc(F)cc3Cl)c2)cc(OC)c1. The standard InChI is InChI=1S/C19H18ClFN4O2S/c1-26-16-6-14(7-17(8-16)27-2)23-19(28)24-15-9-22-25(11-15)10-12-3-4-13(21)5-18(12)20/h3-9,11H,10H2,1-2H3,(H2,23,24,28). The quantitative estimate of drug-likeness (QED) is 0.570. The molecule has 2 aromatic carbocycles. The summed E-state index contributed by atoms with van der Waals surface area (Å²) >= 11 is 11.4. The number of nitrogens with one attached hydrogen (secondary N) is 2. The monoisotopic (exact) mass is 420 g/mol. The van der Waals surface area contributed by atoms with Gasteiger partial charge < -0.3 is 20.1 Å². The van der Waals surface area contributed by atoms with Gasteiger partial charge in [0.1, 0.15) is 17.3 Å². The van der Waals surface area contributed by atoms with E-state index in [4.69, 9.17) is 33.3 Å². The van der Waals surface area contributed by atoms with E-state index < -0.39 is 0 Å². The lowest BCUT2D eigenvalue weighted by atomic mass is 10.2. The molecule has 0 spiro atoms. The highest BCUT2D eigenvalue weighted by molar-refractivity contribution is 7.80. The Morgan fingerprint density at radius 2 is 1.79 bits per heavy atom. The summed E-state index contributed by atoms with van der Waals surface area (Å²) in [6.07, 6.45) is 3.41. The molecule has 2 N–H and O–H groups in total. The van der Waals surface area contributed by atoms with Gasteiger partial charge in [-0.05, 0) is 29.9 Å². The number of ether oxygens (including phenoxy) is 2. The van der Waals surface area contributed by atoms with E-state index >= 15 is 0 Å². The Balaban J connectivity index is 1.64. The summed E-state index contributed by atoms with van der Waals surface area (Å²) in [7, 11) is 3.16. The third-order valence-corrected chi connectivity index (χ3v) is 4.40. The highest BCUT2D eigenvalue weighted by Gasteiger charge is 2.07. The number of methoxy groups -OCH3 is 2. The van der Waals surface area contributed by atoms with Gasteiger partial charge in [0.15, 0.2) is 5.11 Å². The molecular formula is C19H18ClFN4O2S. The Bertz CT molecular complexity index is 974. The largest absolute Gasteiger partial charge is 0.497 e. The van der Waals surface area contributed by atoms with Gasteiger partial charge in [-0.3, -0.25) is 4.68 Å². The van der Waals surface area contributed by atoms with Crippen LogP contribution in [0.4, 0.5) is 15.8 Å². The van der Waals surface area contributed by atoms with Crippen LogP contribution in [-0.2, 0) is 6.54 Å². The van der Waals surface area contributed by atoms with Gasteiger partial charge in [0.05, 0.1) is 32.6 Å². The maximum atomic E-state index is 13.2. The van der Waals surface area contributed by atoms with Gasteiger partial charge in [-0.2, -0.15) is 5.10 Å². The van der Waals surface area contributed by atoms with Crippen LogP contribution < -0.4 is 20.1 Å². The van der Waals surface area contributed by atoms with E-state index in [2.05, 4.69) is 15.7 Å². The fraction of sp³-hybridized carbons (Fsp3) is 0.158. The molecule has 9 heteroatoms. The normalized spacial score (nSPS) is 10.4. The number of halogens is 2. The maximum Gasteiger partial charge on any atom is 0.175 e. The average molecular weight is 421 g/mol. The van der Waals surface area contributed by atoms with Crippen LogP contribution in [0.3, 0.4) is 0 Å². The number of aromatic nitrogens is 2. The van der Waals surface area contributed by atoms with Gasteiger partial charge in [-0.25, -0.2) is 4.39 Å². The average Bonchev–Trinajstić information content (AvgIpc) is 3.10. The lowest BCUT2D eigenvalue weighted by Crippen LogP contribution is -2.18. The minimum atomic E-state index is -0.373. The Morgan fingerprint density at radius 3 is 2.43 bits per heavy atom. The number of thiocarbonyl (C=S) groups is 1. The van der Waals surface area contributed by atoms with Crippen molar-refractivity contribution < 1.29 is 13.9 Å². The Morgan fingerprint density at radius 1 is 1.11 bits per heavy atom. The highest BCUT2D eigenvalue weighted by Crippen LogP contribution is 2.26. The number of nitrogens with zero attached hydrogens (tertiary/aromatic N) is 2. The molecule has 0 atom stereocenters. The number of anilines is 2. The molecule has 0 fully saturated rings. The van der Waals surface area contributed by atoms with E-state index in [1.807, 2.05) is 0 Å². The van der Waals surface area contributed by atoms with Crippen LogP contribution in [0.15, 0.2) is 48.8 Å². The first kappa shape index (κ1) is 19.9. The molecule has 0 aliphatic rings. The molecule has 6 nitrogen and oxygen atoms in total. The van der Waals surface area contributed by atoms with E-state index in [1.165, 1.54) is 12.1 Å². The van der Waals surface area contributed by atoms with E-state index in [-0.39, 0.29) is 5.82 Å². The maximum absolute atomic E-state index is 13.2. The van der Waals surface area contributed by atoms with E-state index in [0.717, 1.165) is 11.3 Å². The molecule has 1 aromatic heterocycles. The molecule has 0 aliphatic carbocycles. The Hall–Kier alpha value is -2.84. The number of rotatable bonds is 6. The van der Waals surface area contributed by atoms with Crippen molar-refractivity contribution in [3.05, 3.63) is 65.2 Å². The summed E-state index contributed by atoms with van der Waals surface area (Å²) in [6.45, 7) is 0.411. The molecule has 3 rings (SSSR count). The van der Waals surface area contributed by atoms with Gasteiger partial charge in [0.25, 0.3) is 0 Å². The fourth-order valence-electron chi connectivity index (χ4n) is 2.51. The number of hydrogen-bond donors (Lipinski definition) is 2. The summed E-state index contributed by atoms with van der Waals surface area (Å²) in [6, 6.07) is 9.65. The van der Waals surface area contributed by atoms with Crippen molar-refractivity contribution in [2.45, 2.75) is 6.54 Å². The highest BCUT2D eigenvalue weighted by atomic mass is 35.5. The van der Waals surface area contributed by atoms with Crippen molar-refractivity contribution >= 4 is 40.3 Å². The van der Waals surface area contributed by atoms with Crippen LogP contribution in [-0.4, -0.2) is 29.1 Å². The van der Waals surface area contributed by atoms with Crippen LogP contribution in [0.25, 0.3) is 0 Å². The van der Waals surface area contributed by atoms with Gasteiger partial charge in [-0.1, -0.05) is 17.7 Å². The molecule has 28 heavy (non-hydrogen) atoms. The minimum Gasteiger partial charge on any atom is -0.497 e. The molecule has 0 unspecified atom stereocenters. The third-order valence-electron chi connectivity index (χ3n) is 3.85. The third kappa shape index (κ3) is 5.11. The zero-order valence-electron chi connectivity index (χ0n) is 15.2. The molecule has 0 amide bonds. The Labute approximate surface area is 172 Å². The molecule has 1 heterocycles. The van der Waals surface area contributed by atoms with Gasteiger partial charge in [0, 0.05) is 35.1 Å². The molecule has 3 aromatic rings. The second kappa shape index (κ2) is 8.90. The lowest BCUT2D eigenvalue weighted by molar-refractivity contribution is 0.395. The second-order valence-electron chi connectivity index (χ2n) is 5.84. The molecule has 0 saturated carbocycles. The van der Waals surface area contributed by atoms with Gasteiger partial charge in [-0.15, -0.1) is 0 Å². The smallest absolute Gasteiger partial charge is 0.175 e. The lowest BCUT2D eigenvalue weighted by Gasteiger charge is -2.12. The molecule has 0 aliphatic heterocycles. The summed E-state index contributed by atoms with van der Waals surface area (Å²) in [5.74, 6) is 0.921. The minimum absolute atomic E-state index is 0.356. The van der Waals surface area contributed by atoms with Gasteiger partial charge >= 0.3 is 0 Å². The fourth-order valence-corrected chi connectivity index (χ4v) is 2.97. The van der Waals surface area contributed by atoms with Crippen molar-refractivity contribution in [2.75, 3.05) is 24.9 Å². The first-order valence-electron chi connectivity index (χ1n) is 8.24. The predicted octanol–water partition coefficient (Wildman–Crippen LogP) is 4.55. The van der Waals surface area contributed by atoms with E-state index in [1.54, 1.807) is 55.6 Å². The summed E-state index contributed by atoms with van der Waals surface area (Å²) < 4.78 is 25.3. The zero-order valence-corrected chi connectivity index (χ0v) is 16.8. The molecule has 0 radical (unpaired) electrons. The topological polar surface area (TPSA) is 60.3 Å². The first-order valence-corrected chi connectivity index (χ1v) is 9.03. The Kier molecular flexibility index (Phi) is 6.33. The summed E-state index contributed by atoms with van der Waals surface area (Å²) in [5.41, 5.74) is 2.19. The van der Waals surface area contributed by atoms with E-state index in [0.29, 0.717) is 33.9 Å².